The van der Waals surface area contributed by atoms with Crippen LogP contribution < -0.4 is 0 Å². The molecule has 1 aliphatic rings. The molecule has 0 spiro atoms. The van der Waals surface area contributed by atoms with Crippen molar-refractivity contribution in [2.75, 3.05) is 0 Å². The Morgan fingerprint density at radius 2 is 1.82 bits per heavy atom. The van der Waals surface area contributed by atoms with E-state index in [0.29, 0.717) is 35.0 Å². The van der Waals surface area contributed by atoms with Gasteiger partial charge in [-0.05, 0) is 55.2 Å². The van der Waals surface area contributed by atoms with Crippen molar-refractivity contribution >= 4 is 46.0 Å². The number of allylic oxidation sites excluding steroid dienone is 2. The Morgan fingerprint density at radius 1 is 1.07 bits per heavy atom. The number of nitrogens with zero attached hydrogens (tertiary/aromatic N) is 1. The third kappa shape index (κ3) is 3.23. The molecular formula is C22H17Cl2NO3. The van der Waals surface area contributed by atoms with Crippen molar-refractivity contribution < 1.29 is 14.7 Å². The van der Waals surface area contributed by atoms with Gasteiger partial charge in [-0.3, -0.25) is 9.59 Å². The number of fused-ring (bicyclic) bond motifs is 1. The molecule has 1 N–H and O–H groups in total. The molecule has 0 fully saturated rings. The Hall–Kier alpha value is -2.56. The van der Waals surface area contributed by atoms with E-state index in [4.69, 9.17) is 23.2 Å². The Bertz CT molecular complexity index is 1110. The number of aliphatic carboxylic acids is 1. The van der Waals surface area contributed by atoms with Gasteiger partial charge in [-0.1, -0.05) is 41.4 Å². The van der Waals surface area contributed by atoms with Crippen LogP contribution in [-0.4, -0.2) is 21.3 Å². The van der Waals surface area contributed by atoms with Crippen molar-refractivity contribution in [3.8, 4) is 0 Å². The molecule has 0 radical (unpaired) electrons. The minimum absolute atomic E-state index is 0.247. The second-order valence-electron chi connectivity index (χ2n) is 6.86. The summed E-state index contributed by atoms with van der Waals surface area (Å²) < 4.78 is 1.83. The molecule has 1 aromatic carbocycles. The number of hydrogen-bond donors (Lipinski definition) is 1. The molecule has 0 bridgehead atoms. The summed E-state index contributed by atoms with van der Waals surface area (Å²) in [4.78, 5) is 24.5. The maximum absolute atomic E-state index is 13.3. The van der Waals surface area contributed by atoms with Crippen LogP contribution >= 0.6 is 23.2 Å². The van der Waals surface area contributed by atoms with Crippen molar-refractivity contribution in [1.82, 2.24) is 4.40 Å². The molecular weight excluding hydrogens is 397 g/mol. The maximum atomic E-state index is 13.3. The molecule has 6 heteroatoms. The summed E-state index contributed by atoms with van der Waals surface area (Å²) in [6, 6.07) is 12.6. The number of halogens is 2. The van der Waals surface area contributed by atoms with E-state index in [-0.39, 0.29) is 17.3 Å². The molecule has 0 saturated carbocycles. The first kappa shape index (κ1) is 18.8. The summed E-state index contributed by atoms with van der Waals surface area (Å²) in [7, 11) is 0. The SMILES string of the molecule is O=C(c1c(Cl)cccc1Cl)c1cc(C2=CCC(C(=O)O)CC2)c2ccccn12. The van der Waals surface area contributed by atoms with Crippen LogP contribution in [0.25, 0.3) is 11.1 Å². The topological polar surface area (TPSA) is 58.8 Å². The van der Waals surface area contributed by atoms with Crippen LogP contribution in [0.2, 0.25) is 10.0 Å². The number of carbonyl (C=O) groups excluding carboxylic acids is 1. The molecule has 1 atom stereocenters. The monoisotopic (exact) mass is 413 g/mol. The summed E-state index contributed by atoms with van der Waals surface area (Å²) >= 11 is 12.5. The molecule has 1 unspecified atom stereocenters. The minimum atomic E-state index is -0.763. The lowest BCUT2D eigenvalue weighted by molar-refractivity contribution is -0.141. The predicted octanol–water partition coefficient (Wildman–Crippen LogP) is 5.75. The maximum Gasteiger partial charge on any atom is 0.306 e. The lowest BCUT2D eigenvalue weighted by Gasteiger charge is -2.18. The second kappa shape index (κ2) is 7.46. The molecule has 4 nitrogen and oxygen atoms in total. The van der Waals surface area contributed by atoms with Gasteiger partial charge < -0.3 is 9.51 Å². The van der Waals surface area contributed by atoms with Crippen LogP contribution in [0.4, 0.5) is 0 Å². The number of aromatic nitrogens is 1. The van der Waals surface area contributed by atoms with E-state index in [1.165, 1.54) is 0 Å². The normalized spacial score (nSPS) is 16.8. The molecule has 0 aliphatic heterocycles. The molecule has 2 aromatic heterocycles. The molecule has 1 aliphatic carbocycles. The third-order valence-corrected chi connectivity index (χ3v) is 5.83. The van der Waals surface area contributed by atoms with E-state index in [9.17, 15) is 14.7 Å². The second-order valence-corrected chi connectivity index (χ2v) is 7.68. The van der Waals surface area contributed by atoms with Crippen LogP contribution in [0.3, 0.4) is 0 Å². The van der Waals surface area contributed by atoms with Crippen LogP contribution in [-0.2, 0) is 4.79 Å². The lowest BCUT2D eigenvalue weighted by atomic mass is 9.87. The van der Waals surface area contributed by atoms with Crippen molar-refractivity contribution in [3.05, 3.63) is 81.6 Å². The first-order valence-corrected chi connectivity index (χ1v) is 9.74. The van der Waals surface area contributed by atoms with Gasteiger partial charge in [-0.2, -0.15) is 0 Å². The number of ketones is 1. The van der Waals surface area contributed by atoms with Crippen molar-refractivity contribution in [2.24, 2.45) is 5.92 Å². The first-order valence-electron chi connectivity index (χ1n) is 8.98. The number of benzene rings is 1. The van der Waals surface area contributed by atoms with Crippen molar-refractivity contribution in [3.63, 3.8) is 0 Å². The lowest BCUT2D eigenvalue weighted by Crippen LogP contribution is -2.15. The highest BCUT2D eigenvalue weighted by Crippen LogP contribution is 2.35. The fourth-order valence-electron chi connectivity index (χ4n) is 3.73. The number of pyridine rings is 1. The zero-order valence-corrected chi connectivity index (χ0v) is 16.4. The van der Waals surface area contributed by atoms with E-state index in [0.717, 1.165) is 16.7 Å². The zero-order chi connectivity index (χ0) is 19.8. The summed E-state index contributed by atoms with van der Waals surface area (Å²) in [6.07, 6.45) is 5.55. The van der Waals surface area contributed by atoms with Crippen molar-refractivity contribution in [2.45, 2.75) is 19.3 Å². The molecule has 0 amide bonds. The van der Waals surface area contributed by atoms with Crippen molar-refractivity contribution in [1.29, 1.82) is 0 Å². The fraction of sp³-hybridized carbons (Fsp3) is 0.182. The molecule has 2 heterocycles. The number of rotatable bonds is 4. The Morgan fingerprint density at radius 3 is 2.46 bits per heavy atom. The van der Waals surface area contributed by atoms with E-state index >= 15 is 0 Å². The van der Waals surface area contributed by atoms with Crippen LogP contribution in [0.1, 0.15) is 40.9 Å². The zero-order valence-electron chi connectivity index (χ0n) is 14.9. The van der Waals surface area contributed by atoms with Gasteiger partial charge in [0.2, 0.25) is 5.78 Å². The molecule has 0 saturated heterocycles. The van der Waals surface area contributed by atoms with Gasteiger partial charge >= 0.3 is 5.97 Å². The van der Waals surface area contributed by atoms with Gasteiger partial charge in [0.1, 0.15) is 0 Å². The summed E-state index contributed by atoms with van der Waals surface area (Å²) in [5.74, 6) is -1.36. The van der Waals surface area contributed by atoms with E-state index in [1.807, 2.05) is 40.9 Å². The Kier molecular flexibility index (Phi) is 5.00. The van der Waals surface area contributed by atoms with Gasteiger partial charge in [0.05, 0.1) is 32.7 Å². The Labute approximate surface area is 172 Å². The summed E-state index contributed by atoms with van der Waals surface area (Å²) in [6.45, 7) is 0. The number of carboxylic acid groups (broad SMARTS) is 1. The van der Waals surface area contributed by atoms with Crippen LogP contribution in [0, 0.1) is 5.92 Å². The van der Waals surface area contributed by atoms with Gasteiger partial charge in [-0.15, -0.1) is 0 Å². The van der Waals surface area contributed by atoms with Crippen LogP contribution in [0.15, 0.2) is 54.7 Å². The highest BCUT2D eigenvalue weighted by Gasteiger charge is 2.25. The van der Waals surface area contributed by atoms with Gasteiger partial charge in [0.25, 0.3) is 0 Å². The number of carbonyl (C=O) groups is 2. The minimum Gasteiger partial charge on any atom is -0.481 e. The molecule has 28 heavy (non-hydrogen) atoms. The molecule has 4 rings (SSSR count). The highest BCUT2D eigenvalue weighted by atomic mass is 35.5. The Balaban J connectivity index is 1.82. The molecule has 3 aromatic rings. The van der Waals surface area contributed by atoms with Gasteiger partial charge in [0.15, 0.2) is 0 Å². The highest BCUT2D eigenvalue weighted by molar-refractivity contribution is 6.41. The average molecular weight is 414 g/mol. The molecule has 142 valence electrons. The van der Waals surface area contributed by atoms with E-state index in [1.54, 1.807) is 18.2 Å². The van der Waals surface area contributed by atoms with Gasteiger partial charge in [0, 0.05) is 11.8 Å². The summed E-state index contributed by atoms with van der Waals surface area (Å²) in [5.41, 5.74) is 3.65. The quantitative estimate of drug-likeness (QED) is 0.554. The van der Waals surface area contributed by atoms with Crippen LogP contribution in [0.5, 0.6) is 0 Å². The van der Waals surface area contributed by atoms with E-state index in [2.05, 4.69) is 0 Å². The third-order valence-electron chi connectivity index (χ3n) is 5.20. The standard InChI is InChI=1S/C22H17Cl2NO3/c23-16-4-3-5-17(24)20(16)21(26)19-12-15(18-6-1-2-11-25(18)19)13-7-9-14(10-8-13)22(27)28/h1-7,11-12,14H,8-10H2,(H,27,28). The number of hydrogen-bond acceptors (Lipinski definition) is 2. The van der Waals surface area contributed by atoms with Gasteiger partial charge in [-0.25, -0.2) is 0 Å². The van der Waals surface area contributed by atoms with E-state index < -0.39 is 5.97 Å². The fourth-order valence-corrected chi connectivity index (χ4v) is 4.30. The first-order chi connectivity index (χ1) is 13.5. The predicted molar refractivity (Wildman–Crippen MR) is 110 cm³/mol. The average Bonchev–Trinajstić information content (AvgIpc) is 3.07. The smallest absolute Gasteiger partial charge is 0.306 e. The number of carboxylic acids is 1. The summed E-state index contributed by atoms with van der Waals surface area (Å²) in [5, 5.41) is 9.84. The largest absolute Gasteiger partial charge is 0.481 e.